The number of amides is 1. The number of pyridine rings is 1. The maximum Gasteiger partial charge on any atom is 0.270 e. The van der Waals surface area contributed by atoms with Gasteiger partial charge >= 0.3 is 0 Å². The van der Waals surface area contributed by atoms with Crippen LogP contribution in [0.1, 0.15) is 23.3 Å². The molecule has 3 saturated heterocycles. The second kappa shape index (κ2) is 5.17. The number of hydrogen-bond acceptors (Lipinski definition) is 4. The highest BCUT2D eigenvalue weighted by atomic mass is 16.2. The van der Waals surface area contributed by atoms with Crippen LogP contribution in [0.2, 0.25) is 0 Å². The van der Waals surface area contributed by atoms with E-state index < -0.39 is 0 Å². The number of carbonyl (C=O) groups is 1. The average molecular weight is 260 g/mol. The molecule has 1 aromatic heterocycles. The summed E-state index contributed by atoms with van der Waals surface area (Å²) in [7, 11) is 1.80. The van der Waals surface area contributed by atoms with Gasteiger partial charge in [0.05, 0.1) is 0 Å². The Morgan fingerprint density at radius 1 is 1.37 bits per heavy atom. The summed E-state index contributed by atoms with van der Waals surface area (Å²) in [4.78, 5) is 19.0. The van der Waals surface area contributed by atoms with Crippen LogP contribution in [0.3, 0.4) is 0 Å². The van der Waals surface area contributed by atoms with E-state index in [-0.39, 0.29) is 11.9 Å². The first-order chi connectivity index (χ1) is 9.26. The Labute approximate surface area is 113 Å². The van der Waals surface area contributed by atoms with Crippen molar-refractivity contribution in [3.8, 4) is 0 Å². The van der Waals surface area contributed by atoms with Gasteiger partial charge in [-0.05, 0) is 44.0 Å². The van der Waals surface area contributed by atoms with Crippen molar-refractivity contribution in [2.45, 2.75) is 18.9 Å². The zero-order valence-corrected chi connectivity index (χ0v) is 11.2. The summed E-state index contributed by atoms with van der Waals surface area (Å²) in [5.41, 5.74) is 0.489. The molecule has 1 atom stereocenters. The Morgan fingerprint density at radius 2 is 2.16 bits per heavy atom. The second-order valence-corrected chi connectivity index (χ2v) is 5.38. The van der Waals surface area contributed by atoms with Crippen LogP contribution in [-0.2, 0) is 0 Å². The van der Waals surface area contributed by atoms with Gasteiger partial charge in [0.1, 0.15) is 11.5 Å². The van der Waals surface area contributed by atoms with Gasteiger partial charge in [-0.2, -0.15) is 0 Å². The normalized spacial score (nSPS) is 29.0. The molecule has 1 unspecified atom stereocenters. The van der Waals surface area contributed by atoms with E-state index in [0.29, 0.717) is 11.6 Å². The van der Waals surface area contributed by atoms with Crippen molar-refractivity contribution in [3.05, 3.63) is 23.9 Å². The molecule has 1 aromatic rings. The molecule has 3 fully saturated rings. The molecule has 0 spiro atoms. The number of aromatic nitrogens is 1. The lowest BCUT2D eigenvalue weighted by atomic mass is 9.84. The summed E-state index contributed by atoms with van der Waals surface area (Å²) in [6.45, 7) is 3.36. The molecular weight excluding hydrogens is 240 g/mol. The zero-order valence-electron chi connectivity index (χ0n) is 11.2. The molecule has 0 radical (unpaired) electrons. The van der Waals surface area contributed by atoms with E-state index in [0.717, 1.165) is 12.4 Å². The van der Waals surface area contributed by atoms with E-state index >= 15 is 0 Å². The predicted octanol–water partition coefficient (Wildman–Crippen LogP) is 0.947. The molecule has 3 aliphatic heterocycles. The van der Waals surface area contributed by atoms with Crippen molar-refractivity contribution >= 4 is 11.7 Å². The third kappa shape index (κ3) is 2.56. The predicted molar refractivity (Wildman–Crippen MR) is 74.2 cm³/mol. The maximum atomic E-state index is 12.2. The fourth-order valence-corrected chi connectivity index (χ4v) is 3.07. The Hall–Kier alpha value is -1.62. The number of fused-ring (bicyclic) bond motifs is 3. The lowest BCUT2D eigenvalue weighted by Gasteiger charge is -2.44. The van der Waals surface area contributed by atoms with E-state index in [4.69, 9.17) is 0 Å². The van der Waals surface area contributed by atoms with Gasteiger partial charge in [0.15, 0.2) is 0 Å². The SMILES string of the molecule is CNc1cccc(C(=O)NC2CN3CCC2CC3)n1. The minimum atomic E-state index is -0.0594. The summed E-state index contributed by atoms with van der Waals surface area (Å²) in [6, 6.07) is 5.75. The van der Waals surface area contributed by atoms with Crippen LogP contribution in [0.5, 0.6) is 0 Å². The fraction of sp³-hybridized carbons (Fsp3) is 0.571. The minimum Gasteiger partial charge on any atom is -0.373 e. The fourth-order valence-electron chi connectivity index (χ4n) is 3.07. The van der Waals surface area contributed by atoms with E-state index in [2.05, 4.69) is 20.5 Å². The largest absolute Gasteiger partial charge is 0.373 e. The molecule has 0 aromatic carbocycles. The summed E-state index contributed by atoms with van der Waals surface area (Å²) < 4.78 is 0. The molecule has 5 nitrogen and oxygen atoms in total. The Balaban J connectivity index is 1.67. The van der Waals surface area contributed by atoms with Gasteiger partial charge in [0.2, 0.25) is 0 Å². The van der Waals surface area contributed by atoms with Crippen LogP contribution in [0.4, 0.5) is 5.82 Å². The van der Waals surface area contributed by atoms with Crippen LogP contribution >= 0.6 is 0 Å². The lowest BCUT2D eigenvalue weighted by molar-refractivity contribution is 0.0618. The summed E-state index contributed by atoms with van der Waals surface area (Å²) in [5.74, 6) is 1.30. The van der Waals surface area contributed by atoms with Crippen molar-refractivity contribution in [2.24, 2.45) is 5.92 Å². The lowest BCUT2D eigenvalue weighted by Crippen LogP contribution is -2.57. The summed E-state index contributed by atoms with van der Waals surface area (Å²) in [5, 5.41) is 6.10. The maximum absolute atomic E-state index is 12.2. The Morgan fingerprint density at radius 3 is 2.79 bits per heavy atom. The van der Waals surface area contributed by atoms with Gasteiger partial charge in [-0.25, -0.2) is 4.98 Å². The third-order valence-corrected chi connectivity index (χ3v) is 4.21. The average Bonchev–Trinajstić information content (AvgIpc) is 2.48. The molecule has 102 valence electrons. The first-order valence-electron chi connectivity index (χ1n) is 6.94. The molecular formula is C14H20N4O. The monoisotopic (exact) mass is 260 g/mol. The number of piperidine rings is 3. The first-order valence-corrected chi connectivity index (χ1v) is 6.94. The van der Waals surface area contributed by atoms with Crippen molar-refractivity contribution in [2.75, 3.05) is 32.0 Å². The van der Waals surface area contributed by atoms with Crippen LogP contribution in [0, 0.1) is 5.92 Å². The highest BCUT2D eigenvalue weighted by Crippen LogP contribution is 2.27. The van der Waals surface area contributed by atoms with Crippen molar-refractivity contribution < 1.29 is 4.79 Å². The Bertz CT molecular complexity index is 468. The summed E-state index contributed by atoms with van der Waals surface area (Å²) in [6.07, 6.45) is 2.41. The van der Waals surface area contributed by atoms with Gasteiger partial charge in [-0.1, -0.05) is 6.07 Å². The van der Waals surface area contributed by atoms with Crippen molar-refractivity contribution in [1.29, 1.82) is 0 Å². The number of hydrogen-bond donors (Lipinski definition) is 2. The molecule has 0 aliphatic carbocycles. The van der Waals surface area contributed by atoms with E-state index in [1.807, 2.05) is 12.1 Å². The van der Waals surface area contributed by atoms with E-state index in [1.54, 1.807) is 13.1 Å². The van der Waals surface area contributed by atoms with Crippen molar-refractivity contribution in [1.82, 2.24) is 15.2 Å². The van der Waals surface area contributed by atoms with Gasteiger partial charge in [0, 0.05) is 19.6 Å². The summed E-state index contributed by atoms with van der Waals surface area (Å²) >= 11 is 0. The molecule has 2 bridgehead atoms. The number of rotatable bonds is 3. The van der Waals surface area contributed by atoms with E-state index in [9.17, 15) is 4.79 Å². The molecule has 19 heavy (non-hydrogen) atoms. The highest BCUT2D eigenvalue weighted by Gasteiger charge is 2.35. The van der Waals surface area contributed by atoms with Crippen LogP contribution in [-0.4, -0.2) is 48.5 Å². The molecule has 1 amide bonds. The van der Waals surface area contributed by atoms with E-state index in [1.165, 1.54) is 25.9 Å². The topological polar surface area (TPSA) is 57.3 Å². The second-order valence-electron chi connectivity index (χ2n) is 5.38. The van der Waals surface area contributed by atoms with Gasteiger partial charge < -0.3 is 15.5 Å². The molecule has 3 aliphatic rings. The van der Waals surface area contributed by atoms with Gasteiger partial charge in [-0.3, -0.25) is 4.79 Å². The quantitative estimate of drug-likeness (QED) is 0.849. The van der Waals surface area contributed by atoms with Crippen molar-refractivity contribution in [3.63, 3.8) is 0 Å². The molecule has 5 heteroatoms. The van der Waals surface area contributed by atoms with Gasteiger partial charge in [-0.15, -0.1) is 0 Å². The minimum absolute atomic E-state index is 0.0594. The third-order valence-electron chi connectivity index (χ3n) is 4.21. The van der Waals surface area contributed by atoms with Gasteiger partial charge in [0.25, 0.3) is 5.91 Å². The zero-order chi connectivity index (χ0) is 13.2. The first kappa shape index (κ1) is 12.4. The standard InChI is InChI=1S/C14H20N4O/c1-15-13-4-2-3-11(16-13)14(19)17-12-9-18-7-5-10(12)6-8-18/h2-4,10,12H,5-9H2,1H3,(H,15,16)(H,17,19). The molecule has 4 rings (SSSR count). The number of nitrogens with zero attached hydrogens (tertiary/aromatic N) is 2. The number of carbonyl (C=O) groups excluding carboxylic acids is 1. The molecule has 2 N–H and O–H groups in total. The van der Waals surface area contributed by atoms with Crippen LogP contribution in [0.25, 0.3) is 0 Å². The Kier molecular flexibility index (Phi) is 3.38. The molecule has 0 saturated carbocycles. The smallest absolute Gasteiger partial charge is 0.270 e. The highest BCUT2D eigenvalue weighted by molar-refractivity contribution is 5.92. The number of anilines is 1. The molecule has 4 heterocycles. The number of nitrogens with one attached hydrogen (secondary N) is 2. The van der Waals surface area contributed by atoms with Crippen LogP contribution in [0.15, 0.2) is 18.2 Å². The van der Waals surface area contributed by atoms with Crippen LogP contribution < -0.4 is 10.6 Å².